The van der Waals surface area contributed by atoms with Gasteiger partial charge >= 0.3 is 0 Å². The predicted molar refractivity (Wildman–Crippen MR) is 84.1 cm³/mol. The van der Waals surface area contributed by atoms with E-state index in [0.717, 1.165) is 19.4 Å². The molecule has 2 rings (SSSR count). The highest BCUT2D eigenvalue weighted by Gasteiger charge is 2.14. The minimum absolute atomic E-state index is 0.189. The number of hydrogen-bond donors (Lipinski definition) is 1. The van der Waals surface area contributed by atoms with Crippen molar-refractivity contribution in [3.05, 3.63) is 52.6 Å². The third-order valence-corrected chi connectivity index (χ3v) is 3.95. The molecular formula is C16H21ClFN3. The van der Waals surface area contributed by atoms with E-state index in [2.05, 4.69) is 17.3 Å². The molecule has 114 valence electrons. The molecule has 5 heteroatoms. The fourth-order valence-corrected chi connectivity index (χ4v) is 2.70. The molecular weight excluding hydrogens is 289 g/mol. The number of halogens is 2. The summed E-state index contributed by atoms with van der Waals surface area (Å²) in [5.74, 6) is -0.303. The number of benzene rings is 1. The predicted octanol–water partition coefficient (Wildman–Crippen LogP) is 3.37. The summed E-state index contributed by atoms with van der Waals surface area (Å²) in [5, 5.41) is 7.78. The Bertz CT molecular complexity index is 583. The quantitative estimate of drug-likeness (QED) is 0.850. The Morgan fingerprint density at radius 3 is 2.86 bits per heavy atom. The Morgan fingerprint density at radius 2 is 2.19 bits per heavy atom. The molecule has 0 spiro atoms. The number of hydrogen-bond acceptors (Lipinski definition) is 2. The first kappa shape index (κ1) is 16.0. The molecule has 0 saturated heterocycles. The van der Waals surface area contributed by atoms with Gasteiger partial charge in [-0.15, -0.1) is 0 Å². The van der Waals surface area contributed by atoms with E-state index < -0.39 is 0 Å². The smallest absolute Gasteiger partial charge is 0.145 e. The van der Waals surface area contributed by atoms with Gasteiger partial charge in [0.1, 0.15) is 5.82 Å². The summed E-state index contributed by atoms with van der Waals surface area (Å²) in [6, 6.07) is 7.42. The zero-order valence-corrected chi connectivity index (χ0v) is 13.2. The number of nitrogens with one attached hydrogen (secondary N) is 1. The van der Waals surface area contributed by atoms with Crippen molar-refractivity contribution < 1.29 is 4.39 Å². The van der Waals surface area contributed by atoms with E-state index in [1.54, 1.807) is 24.4 Å². The standard InChI is InChI=1S/C16H21ClFN3/c1-3-19-13(7-8-14-9-10-20-21(14)2)11-12-5-4-6-15(17)16(12)18/h4-6,9-10,13,19H,3,7-8,11H2,1-2H3. The maximum absolute atomic E-state index is 14.0. The van der Waals surface area contributed by atoms with Gasteiger partial charge in [-0.25, -0.2) is 4.39 Å². The van der Waals surface area contributed by atoms with Crippen molar-refractivity contribution in [3.63, 3.8) is 0 Å². The van der Waals surface area contributed by atoms with Gasteiger partial charge in [-0.05, 0) is 43.5 Å². The zero-order valence-electron chi connectivity index (χ0n) is 12.4. The van der Waals surface area contributed by atoms with E-state index in [0.29, 0.717) is 12.0 Å². The van der Waals surface area contributed by atoms with Gasteiger partial charge < -0.3 is 5.32 Å². The molecule has 2 aromatic rings. The van der Waals surface area contributed by atoms with E-state index in [1.807, 2.05) is 17.8 Å². The van der Waals surface area contributed by atoms with Crippen molar-refractivity contribution in [2.75, 3.05) is 6.54 Å². The Kier molecular flexibility index (Phi) is 5.76. The van der Waals surface area contributed by atoms with Crippen molar-refractivity contribution >= 4 is 11.6 Å². The number of rotatable bonds is 7. The molecule has 0 fully saturated rings. The first-order valence-electron chi connectivity index (χ1n) is 7.25. The van der Waals surface area contributed by atoms with Crippen LogP contribution in [0.5, 0.6) is 0 Å². The number of aryl methyl sites for hydroxylation is 2. The lowest BCUT2D eigenvalue weighted by atomic mass is 10.0. The fourth-order valence-electron chi connectivity index (χ4n) is 2.51. The fraction of sp³-hybridized carbons (Fsp3) is 0.438. The monoisotopic (exact) mass is 309 g/mol. The third-order valence-electron chi connectivity index (χ3n) is 3.66. The van der Waals surface area contributed by atoms with E-state index in [1.165, 1.54) is 5.69 Å². The summed E-state index contributed by atoms with van der Waals surface area (Å²) in [4.78, 5) is 0. The molecule has 1 aromatic carbocycles. The van der Waals surface area contributed by atoms with Crippen molar-refractivity contribution in [1.29, 1.82) is 0 Å². The molecule has 0 bridgehead atoms. The molecule has 0 amide bonds. The van der Waals surface area contributed by atoms with Gasteiger partial charge in [-0.1, -0.05) is 30.7 Å². The molecule has 1 heterocycles. The second-order valence-electron chi connectivity index (χ2n) is 5.16. The SMILES string of the molecule is CCNC(CCc1ccnn1C)Cc1cccc(Cl)c1F. The van der Waals surface area contributed by atoms with Gasteiger partial charge in [0.15, 0.2) is 0 Å². The van der Waals surface area contributed by atoms with E-state index >= 15 is 0 Å². The lowest BCUT2D eigenvalue weighted by Crippen LogP contribution is -2.32. The number of likely N-dealkylation sites (N-methyl/N-ethyl adjacent to an activating group) is 1. The molecule has 0 radical (unpaired) electrons. The van der Waals surface area contributed by atoms with Crippen LogP contribution in [0, 0.1) is 5.82 Å². The van der Waals surface area contributed by atoms with Crippen molar-refractivity contribution in [2.24, 2.45) is 7.05 Å². The molecule has 3 nitrogen and oxygen atoms in total. The summed E-state index contributed by atoms with van der Waals surface area (Å²) in [6.07, 6.45) is 4.28. The maximum Gasteiger partial charge on any atom is 0.145 e. The molecule has 1 aromatic heterocycles. The molecule has 1 N–H and O–H groups in total. The second kappa shape index (κ2) is 7.57. The first-order chi connectivity index (χ1) is 10.1. The summed E-state index contributed by atoms with van der Waals surface area (Å²) in [6.45, 7) is 2.92. The summed E-state index contributed by atoms with van der Waals surface area (Å²) in [7, 11) is 1.94. The molecule has 21 heavy (non-hydrogen) atoms. The van der Waals surface area contributed by atoms with Gasteiger partial charge in [-0.2, -0.15) is 5.10 Å². The molecule has 1 atom stereocenters. The average Bonchev–Trinajstić information content (AvgIpc) is 2.87. The Labute approximate surface area is 130 Å². The van der Waals surface area contributed by atoms with Crippen LogP contribution in [0.3, 0.4) is 0 Å². The molecule has 0 aliphatic rings. The summed E-state index contributed by atoms with van der Waals surface area (Å²) >= 11 is 5.85. The Morgan fingerprint density at radius 1 is 1.38 bits per heavy atom. The van der Waals surface area contributed by atoms with Crippen LogP contribution in [0.1, 0.15) is 24.6 Å². The largest absolute Gasteiger partial charge is 0.314 e. The third kappa shape index (κ3) is 4.29. The van der Waals surface area contributed by atoms with E-state index in [4.69, 9.17) is 11.6 Å². The van der Waals surface area contributed by atoms with Crippen LogP contribution >= 0.6 is 11.6 Å². The van der Waals surface area contributed by atoms with Gasteiger partial charge in [0.25, 0.3) is 0 Å². The van der Waals surface area contributed by atoms with Gasteiger partial charge in [0.05, 0.1) is 5.02 Å². The lowest BCUT2D eigenvalue weighted by molar-refractivity contribution is 0.474. The number of aromatic nitrogens is 2. The molecule has 0 aliphatic carbocycles. The van der Waals surface area contributed by atoms with Crippen molar-refractivity contribution in [3.8, 4) is 0 Å². The van der Waals surface area contributed by atoms with Gasteiger partial charge in [-0.3, -0.25) is 4.68 Å². The maximum atomic E-state index is 14.0. The second-order valence-corrected chi connectivity index (χ2v) is 5.56. The van der Waals surface area contributed by atoms with Crippen molar-refractivity contribution in [2.45, 2.75) is 32.2 Å². The minimum atomic E-state index is -0.303. The van der Waals surface area contributed by atoms with Crippen LogP contribution < -0.4 is 5.32 Å². The number of nitrogens with zero attached hydrogens (tertiary/aromatic N) is 2. The van der Waals surface area contributed by atoms with E-state index in [-0.39, 0.29) is 16.9 Å². The Hall–Kier alpha value is -1.39. The van der Waals surface area contributed by atoms with Crippen LogP contribution in [0.2, 0.25) is 5.02 Å². The van der Waals surface area contributed by atoms with Gasteiger partial charge in [0, 0.05) is 25.0 Å². The van der Waals surface area contributed by atoms with Crippen LogP contribution in [-0.2, 0) is 19.9 Å². The summed E-state index contributed by atoms with van der Waals surface area (Å²) < 4.78 is 15.9. The molecule has 0 saturated carbocycles. The van der Waals surface area contributed by atoms with Gasteiger partial charge in [0.2, 0.25) is 0 Å². The van der Waals surface area contributed by atoms with Crippen LogP contribution in [0.4, 0.5) is 4.39 Å². The van der Waals surface area contributed by atoms with Crippen LogP contribution in [-0.4, -0.2) is 22.4 Å². The zero-order chi connectivity index (χ0) is 15.2. The normalized spacial score (nSPS) is 12.6. The summed E-state index contributed by atoms with van der Waals surface area (Å²) in [5.41, 5.74) is 1.85. The highest BCUT2D eigenvalue weighted by Crippen LogP contribution is 2.20. The topological polar surface area (TPSA) is 29.9 Å². The highest BCUT2D eigenvalue weighted by molar-refractivity contribution is 6.30. The van der Waals surface area contributed by atoms with Crippen LogP contribution in [0.25, 0.3) is 0 Å². The van der Waals surface area contributed by atoms with Crippen LogP contribution in [0.15, 0.2) is 30.5 Å². The van der Waals surface area contributed by atoms with E-state index in [9.17, 15) is 4.39 Å². The molecule has 1 unspecified atom stereocenters. The average molecular weight is 310 g/mol. The lowest BCUT2D eigenvalue weighted by Gasteiger charge is -2.18. The van der Waals surface area contributed by atoms with Crippen molar-refractivity contribution in [1.82, 2.24) is 15.1 Å². The molecule has 0 aliphatic heterocycles. The minimum Gasteiger partial charge on any atom is -0.314 e. The Balaban J connectivity index is 2.01. The first-order valence-corrected chi connectivity index (χ1v) is 7.62. The highest BCUT2D eigenvalue weighted by atomic mass is 35.5.